The zero-order valence-corrected chi connectivity index (χ0v) is 15.1. The summed E-state index contributed by atoms with van der Waals surface area (Å²) in [7, 11) is 1.34. The second-order valence-electron chi connectivity index (χ2n) is 4.41. The van der Waals surface area contributed by atoms with Gasteiger partial charge < -0.3 is 9.47 Å². The minimum absolute atomic E-state index is 0.275. The van der Waals surface area contributed by atoms with Gasteiger partial charge in [-0.15, -0.1) is 0 Å². The molecule has 0 saturated carbocycles. The predicted octanol–water partition coefficient (Wildman–Crippen LogP) is 4.83. The van der Waals surface area contributed by atoms with Crippen LogP contribution in [-0.2, 0) is 9.53 Å². The van der Waals surface area contributed by atoms with Crippen molar-refractivity contribution < 1.29 is 14.3 Å². The van der Waals surface area contributed by atoms with Crippen molar-refractivity contribution in [2.75, 3.05) is 13.7 Å². The first-order chi connectivity index (χ1) is 10.6. The van der Waals surface area contributed by atoms with Gasteiger partial charge in [0, 0.05) is 16.1 Å². The van der Waals surface area contributed by atoms with Gasteiger partial charge in [-0.2, -0.15) is 0 Å². The molecule has 0 aromatic heterocycles. The normalized spacial score (nSPS) is 13.0. The number of carbonyl (C=O) groups excluding carboxylic acids is 1. The Labute approximate surface area is 146 Å². The van der Waals surface area contributed by atoms with Crippen molar-refractivity contribution in [1.82, 2.24) is 0 Å². The van der Waals surface area contributed by atoms with E-state index in [1.54, 1.807) is 6.08 Å². The Morgan fingerprint density at radius 2 is 1.95 bits per heavy atom. The number of esters is 1. The molecule has 1 aromatic carbocycles. The summed E-state index contributed by atoms with van der Waals surface area (Å²) in [6.45, 7) is 0.275. The minimum Gasteiger partial charge on any atom is -0.488 e. The molecule has 0 N–H and O–H groups in total. The molecule has 5 heteroatoms. The molecule has 114 valence electrons. The number of ether oxygens (including phenoxy) is 2. The third kappa shape index (κ3) is 4.71. The van der Waals surface area contributed by atoms with Gasteiger partial charge in [-0.3, -0.25) is 0 Å². The monoisotopic (exact) mass is 424 g/mol. The third-order valence-corrected chi connectivity index (χ3v) is 3.87. The zero-order chi connectivity index (χ0) is 15.9. The molecular formula is C17H14Br2O3. The maximum Gasteiger partial charge on any atom is 0.330 e. The van der Waals surface area contributed by atoms with Crippen molar-refractivity contribution in [1.29, 1.82) is 0 Å². The molecule has 1 aliphatic carbocycles. The number of allylic oxidation sites excluding steroid dienone is 5. The molecule has 0 aliphatic heterocycles. The molecule has 1 aliphatic rings. The number of hydrogen-bond acceptors (Lipinski definition) is 3. The molecule has 0 saturated heterocycles. The standard InChI is InChI=1S/C17H14Br2O3/c1-21-16(20)7-4-8-22-17-13(9-12-5-2-3-6-12)10-14(18)11-15(17)19/h2-7,9-11H,8H2,1H3/b7-4+. The first-order valence-corrected chi connectivity index (χ1v) is 8.11. The fourth-order valence-corrected chi connectivity index (χ4v) is 3.22. The van der Waals surface area contributed by atoms with Gasteiger partial charge in [0.2, 0.25) is 0 Å². The summed E-state index contributed by atoms with van der Waals surface area (Å²) in [5.41, 5.74) is 2.04. The highest BCUT2D eigenvalue weighted by Crippen LogP contribution is 2.34. The summed E-state index contributed by atoms with van der Waals surface area (Å²) in [6.07, 6.45) is 13.0. The fraction of sp³-hybridized carbons (Fsp3) is 0.118. The number of hydrogen-bond donors (Lipinski definition) is 0. The number of carbonyl (C=O) groups is 1. The van der Waals surface area contributed by atoms with Crippen LogP contribution in [0.15, 0.2) is 63.1 Å². The van der Waals surface area contributed by atoms with Crippen molar-refractivity contribution >= 4 is 43.9 Å². The van der Waals surface area contributed by atoms with Crippen molar-refractivity contribution in [3.05, 3.63) is 68.7 Å². The molecule has 0 radical (unpaired) electrons. The van der Waals surface area contributed by atoms with Gasteiger partial charge in [-0.05, 0) is 45.8 Å². The summed E-state index contributed by atoms with van der Waals surface area (Å²) in [5.74, 6) is 0.320. The van der Waals surface area contributed by atoms with Crippen LogP contribution in [0.1, 0.15) is 5.56 Å². The van der Waals surface area contributed by atoms with Crippen LogP contribution in [-0.4, -0.2) is 19.7 Å². The Hall–Kier alpha value is -1.59. The molecule has 3 nitrogen and oxygen atoms in total. The molecule has 2 rings (SSSR count). The molecule has 0 heterocycles. The molecule has 0 atom stereocenters. The van der Waals surface area contributed by atoms with Crippen LogP contribution >= 0.6 is 31.9 Å². The molecule has 0 unspecified atom stereocenters. The quantitative estimate of drug-likeness (QED) is 0.500. The van der Waals surface area contributed by atoms with E-state index in [4.69, 9.17) is 4.74 Å². The summed E-state index contributed by atoms with van der Waals surface area (Å²) in [4.78, 5) is 11.0. The lowest BCUT2D eigenvalue weighted by Crippen LogP contribution is -2.00. The van der Waals surface area contributed by atoms with Gasteiger partial charge in [0.1, 0.15) is 12.4 Å². The van der Waals surface area contributed by atoms with Crippen molar-refractivity contribution in [3.8, 4) is 5.75 Å². The maximum absolute atomic E-state index is 11.0. The van der Waals surface area contributed by atoms with Crippen LogP contribution in [0.25, 0.3) is 6.08 Å². The number of methoxy groups -OCH3 is 1. The van der Waals surface area contributed by atoms with E-state index in [0.29, 0.717) is 0 Å². The van der Waals surface area contributed by atoms with Gasteiger partial charge in [-0.1, -0.05) is 40.2 Å². The van der Waals surface area contributed by atoms with Gasteiger partial charge in [0.25, 0.3) is 0 Å². The second kappa shape index (κ2) is 8.15. The van der Waals surface area contributed by atoms with Gasteiger partial charge in [-0.25, -0.2) is 4.79 Å². The van der Waals surface area contributed by atoms with Crippen LogP contribution in [0, 0.1) is 0 Å². The third-order valence-electron chi connectivity index (χ3n) is 2.83. The number of benzene rings is 1. The molecular weight excluding hydrogens is 412 g/mol. The SMILES string of the molecule is COC(=O)/C=C/COc1c(Br)cc(Br)cc1C=C1C=CC=C1. The van der Waals surface area contributed by atoms with Crippen LogP contribution in [0.2, 0.25) is 0 Å². The largest absolute Gasteiger partial charge is 0.488 e. The zero-order valence-electron chi connectivity index (χ0n) is 11.9. The molecule has 22 heavy (non-hydrogen) atoms. The van der Waals surface area contributed by atoms with E-state index in [2.05, 4.69) is 36.6 Å². The molecule has 0 fully saturated rings. The number of rotatable bonds is 5. The van der Waals surface area contributed by atoms with E-state index in [-0.39, 0.29) is 6.61 Å². The average Bonchev–Trinajstić information content (AvgIpc) is 2.98. The number of halogens is 2. The van der Waals surface area contributed by atoms with E-state index in [9.17, 15) is 4.79 Å². The van der Waals surface area contributed by atoms with Crippen molar-refractivity contribution in [2.24, 2.45) is 0 Å². The van der Waals surface area contributed by atoms with E-state index in [1.165, 1.54) is 13.2 Å². The minimum atomic E-state index is -0.401. The van der Waals surface area contributed by atoms with Crippen LogP contribution in [0.5, 0.6) is 5.75 Å². The van der Waals surface area contributed by atoms with Crippen LogP contribution in [0.4, 0.5) is 0 Å². The van der Waals surface area contributed by atoms with Crippen molar-refractivity contribution in [3.63, 3.8) is 0 Å². The Balaban J connectivity index is 2.20. The average molecular weight is 426 g/mol. The summed E-state index contributed by atoms with van der Waals surface area (Å²) >= 11 is 6.99. The second-order valence-corrected chi connectivity index (χ2v) is 6.18. The van der Waals surface area contributed by atoms with E-state index in [1.807, 2.05) is 42.5 Å². The Morgan fingerprint density at radius 3 is 2.64 bits per heavy atom. The molecule has 0 bridgehead atoms. The first-order valence-electron chi connectivity index (χ1n) is 6.53. The molecule has 0 spiro atoms. The summed E-state index contributed by atoms with van der Waals surface area (Å²) in [6, 6.07) is 3.90. The highest BCUT2D eigenvalue weighted by Gasteiger charge is 2.09. The highest BCUT2D eigenvalue weighted by atomic mass is 79.9. The van der Waals surface area contributed by atoms with Crippen LogP contribution < -0.4 is 4.74 Å². The lowest BCUT2D eigenvalue weighted by Gasteiger charge is -2.11. The van der Waals surface area contributed by atoms with Gasteiger partial charge >= 0.3 is 5.97 Å². The topological polar surface area (TPSA) is 35.5 Å². The van der Waals surface area contributed by atoms with Crippen molar-refractivity contribution in [2.45, 2.75) is 0 Å². The predicted molar refractivity (Wildman–Crippen MR) is 94.8 cm³/mol. The fourth-order valence-electron chi connectivity index (χ4n) is 1.85. The van der Waals surface area contributed by atoms with Gasteiger partial charge in [0.15, 0.2) is 0 Å². The van der Waals surface area contributed by atoms with Crippen LogP contribution in [0.3, 0.4) is 0 Å². The first kappa shape index (κ1) is 16.8. The lowest BCUT2D eigenvalue weighted by atomic mass is 10.1. The van der Waals surface area contributed by atoms with E-state index in [0.717, 1.165) is 25.8 Å². The highest BCUT2D eigenvalue weighted by molar-refractivity contribution is 9.11. The smallest absolute Gasteiger partial charge is 0.330 e. The lowest BCUT2D eigenvalue weighted by molar-refractivity contribution is -0.134. The molecule has 1 aromatic rings. The van der Waals surface area contributed by atoms with E-state index < -0.39 is 5.97 Å². The Bertz CT molecular complexity index is 671. The summed E-state index contributed by atoms with van der Waals surface area (Å²) < 4.78 is 12.1. The maximum atomic E-state index is 11.0. The Kier molecular flexibility index (Phi) is 6.21. The summed E-state index contributed by atoms with van der Waals surface area (Å²) in [5, 5.41) is 0. The Morgan fingerprint density at radius 1 is 1.23 bits per heavy atom. The van der Waals surface area contributed by atoms with Gasteiger partial charge in [0.05, 0.1) is 11.6 Å². The molecule has 0 amide bonds. The van der Waals surface area contributed by atoms with E-state index >= 15 is 0 Å².